The van der Waals surface area contributed by atoms with E-state index in [4.69, 9.17) is 6.57 Å². The van der Waals surface area contributed by atoms with Crippen molar-refractivity contribution in [2.45, 2.75) is 0 Å². The van der Waals surface area contributed by atoms with E-state index >= 15 is 0 Å². The van der Waals surface area contributed by atoms with Crippen molar-refractivity contribution in [2.75, 3.05) is 0 Å². The van der Waals surface area contributed by atoms with Gasteiger partial charge in [0.15, 0.2) is 0 Å². The van der Waals surface area contributed by atoms with E-state index < -0.39 is 0 Å². The molecule has 0 unspecified atom stereocenters. The van der Waals surface area contributed by atoms with Gasteiger partial charge in [-0.1, -0.05) is 109 Å². The summed E-state index contributed by atoms with van der Waals surface area (Å²) in [6, 6.07) is 48.6. The number of fused-ring (bicyclic) bond motifs is 10. The highest BCUT2D eigenvalue weighted by molar-refractivity contribution is 6.20. The Hall–Kier alpha value is -6.36. The smallest absolute Gasteiger partial charge is 0.208 e. The zero-order chi connectivity index (χ0) is 29.4. The first-order valence-corrected chi connectivity index (χ1v) is 14.5. The van der Waals surface area contributed by atoms with Gasteiger partial charge in [-0.2, -0.15) is 5.26 Å². The third-order valence-corrected chi connectivity index (χ3v) is 8.93. The van der Waals surface area contributed by atoms with Crippen LogP contribution in [0.15, 0.2) is 133 Å². The minimum Gasteiger partial charge on any atom is -0.310 e. The molecule has 0 amide bonds. The van der Waals surface area contributed by atoms with E-state index in [9.17, 15) is 5.26 Å². The summed E-state index contributed by atoms with van der Waals surface area (Å²) < 4.78 is 4.45. The van der Waals surface area contributed by atoms with Crippen molar-refractivity contribution in [3.63, 3.8) is 0 Å². The molecule has 9 aromatic rings. The maximum atomic E-state index is 10.6. The van der Waals surface area contributed by atoms with Gasteiger partial charge in [0.05, 0.1) is 46.0 Å². The van der Waals surface area contributed by atoms with Crippen LogP contribution in [-0.4, -0.2) is 9.13 Å². The molecule has 0 aliphatic carbocycles. The summed E-state index contributed by atoms with van der Waals surface area (Å²) in [6.45, 7) is 8.20. The fourth-order valence-electron chi connectivity index (χ4n) is 7.08. The highest BCUT2D eigenvalue weighted by Crippen LogP contribution is 2.42. The molecule has 0 bridgehead atoms. The van der Waals surface area contributed by atoms with Gasteiger partial charge in [0.1, 0.15) is 0 Å². The molecule has 9 rings (SSSR count). The molecule has 2 aromatic heterocycles. The SMILES string of the molecule is [C-]#[N+]c1cc(-n2c3ccccc3c3ccc4ccccc4c32)cc(-n2c3ccccc3c3ccc4ccccc4c32)c1C#N. The van der Waals surface area contributed by atoms with E-state index in [0.29, 0.717) is 16.9 Å². The molecule has 202 valence electrons. The van der Waals surface area contributed by atoms with E-state index in [1.54, 1.807) is 0 Å². The molecular weight excluding hydrogens is 536 g/mol. The van der Waals surface area contributed by atoms with Crippen molar-refractivity contribution >= 4 is 70.8 Å². The van der Waals surface area contributed by atoms with Gasteiger partial charge < -0.3 is 9.13 Å². The fraction of sp³-hybridized carbons (Fsp3) is 0. The lowest BCUT2D eigenvalue weighted by Gasteiger charge is -2.17. The second-order valence-electron chi connectivity index (χ2n) is 11.2. The molecule has 0 N–H and O–H groups in total. The molecule has 0 aliphatic rings. The van der Waals surface area contributed by atoms with Gasteiger partial charge in [-0.25, -0.2) is 4.85 Å². The Morgan fingerprint density at radius 2 is 1.02 bits per heavy atom. The van der Waals surface area contributed by atoms with Crippen molar-refractivity contribution in [2.24, 2.45) is 0 Å². The summed E-state index contributed by atoms with van der Waals surface area (Å²) in [4.78, 5) is 3.93. The van der Waals surface area contributed by atoms with Crippen LogP contribution in [0.3, 0.4) is 0 Å². The van der Waals surface area contributed by atoms with Gasteiger partial charge in [0.2, 0.25) is 5.69 Å². The Bertz CT molecular complexity index is 2740. The predicted molar refractivity (Wildman–Crippen MR) is 181 cm³/mol. The normalized spacial score (nSPS) is 11.6. The Morgan fingerprint density at radius 1 is 0.523 bits per heavy atom. The van der Waals surface area contributed by atoms with Crippen molar-refractivity contribution in [3.8, 4) is 17.4 Å². The van der Waals surface area contributed by atoms with Crippen LogP contribution in [0.25, 0.3) is 81.4 Å². The van der Waals surface area contributed by atoms with Gasteiger partial charge in [0, 0.05) is 38.0 Å². The van der Waals surface area contributed by atoms with Crippen LogP contribution in [0.1, 0.15) is 5.56 Å². The van der Waals surface area contributed by atoms with Crippen LogP contribution < -0.4 is 0 Å². The molecule has 2 heterocycles. The second-order valence-corrected chi connectivity index (χ2v) is 11.2. The molecule has 4 heteroatoms. The number of nitrogens with zero attached hydrogens (tertiary/aromatic N) is 4. The Labute approximate surface area is 252 Å². The number of benzene rings is 7. The zero-order valence-corrected chi connectivity index (χ0v) is 23.5. The number of hydrogen-bond donors (Lipinski definition) is 0. The van der Waals surface area contributed by atoms with Crippen LogP contribution in [-0.2, 0) is 0 Å². The number of para-hydroxylation sites is 2. The van der Waals surface area contributed by atoms with Crippen LogP contribution in [0.4, 0.5) is 5.69 Å². The average Bonchev–Trinajstić information content (AvgIpc) is 3.61. The minimum atomic E-state index is 0.331. The van der Waals surface area contributed by atoms with E-state index in [0.717, 1.165) is 70.8 Å². The van der Waals surface area contributed by atoms with E-state index in [1.807, 2.05) is 18.2 Å². The Kier molecular flexibility index (Phi) is 5.00. The highest BCUT2D eigenvalue weighted by atomic mass is 15.0. The van der Waals surface area contributed by atoms with Crippen molar-refractivity contribution in [3.05, 3.63) is 150 Å². The van der Waals surface area contributed by atoms with Crippen LogP contribution >= 0.6 is 0 Å². The van der Waals surface area contributed by atoms with E-state index in [-0.39, 0.29) is 0 Å². The predicted octanol–water partition coefficient (Wildman–Crippen LogP) is 10.6. The van der Waals surface area contributed by atoms with Gasteiger partial charge >= 0.3 is 0 Å². The molecule has 0 spiro atoms. The number of aromatic nitrogens is 2. The summed E-state index contributed by atoms with van der Waals surface area (Å²) >= 11 is 0. The van der Waals surface area contributed by atoms with Crippen molar-refractivity contribution in [1.82, 2.24) is 9.13 Å². The van der Waals surface area contributed by atoms with E-state index in [1.165, 1.54) is 0 Å². The average molecular weight is 559 g/mol. The maximum Gasteiger partial charge on any atom is 0.208 e. The third kappa shape index (κ3) is 3.20. The fourth-order valence-corrected chi connectivity index (χ4v) is 7.08. The summed E-state index contributed by atoms with van der Waals surface area (Å²) in [5, 5.41) is 19.6. The molecule has 0 saturated carbocycles. The second kappa shape index (κ2) is 9.07. The van der Waals surface area contributed by atoms with Gasteiger partial charge in [0.25, 0.3) is 0 Å². The summed E-state index contributed by atoms with van der Waals surface area (Å²) in [7, 11) is 0. The molecule has 44 heavy (non-hydrogen) atoms. The lowest BCUT2D eigenvalue weighted by Crippen LogP contribution is -2.02. The first kappa shape index (κ1) is 24.3. The van der Waals surface area contributed by atoms with Gasteiger partial charge in [-0.3, -0.25) is 0 Å². The van der Waals surface area contributed by atoms with E-state index in [2.05, 4.69) is 135 Å². The van der Waals surface area contributed by atoms with Crippen molar-refractivity contribution in [1.29, 1.82) is 5.26 Å². The lowest BCUT2D eigenvalue weighted by molar-refractivity contribution is 1.13. The summed E-state index contributed by atoms with van der Waals surface area (Å²) in [6.07, 6.45) is 0. The van der Waals surface area contributed by atoms with Crippen LogP contribution in [0.5, 0.6) is 0 Å². The standard InChI is InChI=1S/C40H22N4/c1-42-35-22-27(43-36-16-8-6-14-30(36)32-20-18-25-10-2-4-12-28(25)39(32)43)23-38(34(35)24-41)44-37-17-9-7-15-31(37)33-21-19-26-11-3-5-13-29(26)40(33)44/h2-23H. The van der Waals surface area contributed by atoms with Gasteiger partial charge in [-0.05, 0) is 35.0 Å². The first-order chi connectivity index (χ1) is 21.8. The molecule has 0 aliphatic heterocycles. The number of hydrogen-bond acceptors (Lipinski definition) is 1. The zero-order valence-electron chi connectivity index (χ0n) is 23.5. The van der Waals surface area contributed by atoms with Crippen molar-refractivity contribution < 1.29 is 0 Å². The summed E-state index contributed by atoms with van der Waals surface area (Å²) in [5.74, 6) is 0. The number of nitriles is 1. The third-order valence-electron chi connectivity index (χ3n) is 8.93. The topological polar surface area (TPSA) is 38.0 Å². The monoisotopic (exact) mass is 558 g/mol. The molecular formula is C40H22N4. The Morgan fingerprint density at radius 3 is 1.59 bits per heavy atom. The Balaban J connectivity index is 1.49. The van der Waals surface area contributed by atoms with Crippen LogP contribution in [0.2, 0.25) is 0 Å². The molecule has 0 fully saturated rings. The quantitative estimate of drug-likeness (QED) is 0.195. The van der Waals surface area contributed by atoms with Gasteiger partial charge in [-0.15, -0.1) is 0 Å². The largest absolute Gasteiger partial charge is 0.310 e. The molecule has 7 aromatic carbocycles. The number of rotatable bonds is 2. The molecule has 0 atom stereocenters. The minimum absolute atomic E-state index is 0.331. The lowest BCUT2D eigenvalue weighted by atomic mass is 10.1. The maximum absolute atomic E-state index is 10.6. The highest BCUT2D eigenvalue weighted by Gasteiger charge is 2.22. The molecule has 4 nitrogen and oxygen atoms in total. The molecule has 0 saturated heterocycles. The van der Waals surface area contributed by atoms with Crippen LogP contribution in [0, 0.1) is 17.9 Å². The first-order valence-electron chi connectivity index (χ1n) is 14.5. The molecule has 0 radical (unpaired) electrons. The summed E-state index contributed by atoms with van der Waals surface area (Å²) in [5.41, 5.74) is 6.41.